The molecule has 0 aliphatic carbocycles. The molecular weight excluding hydrogens is 330 g/mol. The van der Waals surface area contributed by atoms with Gasteiger partial charge in [-0.1, -0.05) is 35.9 Å². The van der Waals surface area contributed by atoms with Crippen molar-refractivity contribution in [3.05, 3.63) is 56.7 Å². The van der Waals surface area contributed by atoms with Gasteiger partial charge in [-0.05, 0) is 23.3 Å². The lowest BCUT2D eigenvalue weighted by Crippen LogP contribution is -2.21. The highest BCUT2D eigenvalue weighted by atomic mass is 35.5. The Kier molecular flexibility index (Phi) is 5.03. The smallest absolute Gasteiger partial charge is 0.261 e. The first kappa shape index (κ1) is 16.0. The normalized spacial score (nSPS) is 11.3. The highest BCUT2D eigenvalue weighted by Gasteiger charge is 2.09. The zero-order valence-electron chi connectivity index (χ0n) is 11.3. The molecule has 0 saturated carbocycles. The number of carbonyl (C=O) groups excluding carboxylic acids is 1. The third-order valence-corrected chi connectivity index (χ3v) is 4.76. The van der Waals surface area contributed by atoms with Gasteiger partial charge in [0.2, 0.25) is 0 Å². The second-order valence-corrected chi connectivity index (χ2v) is 8.53. The van der Waals surface area contributed by atoms with E-state index in [1.165, 1.54) is 17.6 Å². The molecule has 0 aliphatic rings. The van der Waals surface area contributed by atoms with Crippen molar-refractivity contribution in [1.29, 1.82) is 0 Å². The van der Waals surface area contributed by atoms with E-state index in [4.69, 9.17) is 11.6 Å². The summed E-state index contributed by atoms with van der Waals surface area (Å²) >= 11 is 7.00. The summed E-state index contributed by atoms with van der Waals surface area (Å²) in [5.74, 6) is -0.199. The number of amides is 1. The molecule has 1 heterocycles. The van der Waals surface area contributed by atoms with Crippen molar-refractivity contribution in [2.75, 3.05) is 6.26 Å². The maximum Gasteiger partial charge on any atom is 0.261 e. The van der Waals surface area contributed by atoms with Gasteiger partial charge < -0.3 is 5.32 Å². The Bertz CT molecular complexity index is 753. The second-order valence-electron chi connectivity index (χ2n) is 4.68. The summed E-state index contributed by atoms with van der Waals surface area (Å²) in [4.78, 5) is 12.4. The predicted octanol–water partition coefficient (Wildman–Crippen LogP) is 2.88. The molecule has 7 heteroatoms. The number of hydrogen-bond donors (Lipinski definition) is 1. The van der Waals surface area contributed by atoms with Crippen LogP contribution in [0.4, 0.5) is 0 Å². The van der Waals surface area contributed by atoms with Crippen LogP contribution in [0.15, 0.2) is 36.4 Å². The lowest BCUT2D eigenvalue weighted by atomic mass is 10.1. The molecule has 0 radical (unpaired) electrons. The Morgan fingerprint density at radius 1 is 1.24 bits per heavy atom. The molecule has 0 spiro atoms. The minimum Gasteiger partial charge on any atom is -0.347 e. The van der Waals surface area contributed by atoms with Crippen LogP contribution in [0.1, 0.15) is 20.8 Å². The van der Waals surface area contributed by atoms with Crippen LogP contribution in [-0.4, -0.2) is 20.6 Å². The molecular formula is C14H14ClNO3S2. The van der Waals surface area contributed by atoms with Gasteiger partial charge in [-0.3, -0.25) is 4.79 Å². The van der Waals surface area contributed by atoms with E-state index < -0.39 is 9.84 Å². The standard InChI is InChI=1S/C14H14ClNO3S2/c1-21(18,19)9-11-4-2-3-10(7-11)8-16-14(17)12-5-6-13(15)20-12/h2-7H,8-9H2,1H3,(H,16,17). The van der Waals surface area contributed by atoms with Crippen LogP contribution in [0, 0.1) is 0 Å². The highest BCUT2D eigenvalue weighted by molar-refractivity contribution is 7.89. The molecule has 2 rings (SSSR count). The van der Waals surface area contributed by atoms with Crippen molar-refractivity contribution in [3.8, 4) is 0 Å². The number of carbonyl (C=O) groups is 1. The third-order valence-electron chi connectivity index (χ3n) is 2.67. The molecule has 1 amide bonds. The molecule has 0 fully saturated rings. The Morgan fingerprint density at radius 2 is 1.95 bits per heavy atom. The van der Waals surface area contributed by atoms with Crippen molar-refractivity contribution in [2.24, 2.45) is 0 Å². The molecule has 0 atom stereocenters. The SMILES string of the molecule is CS(=O)(=O)Cc1cccc(CNC(=O)c2ccc(Cl)s2)c1. The third kappa shape index (κ3) is 5.15. The number of halogens is 1. The number of benzene rings is 1. The van der Waals surface area contributed by atoms with E-state index in [9.17, 15) is 13.2 Å². The Labute approximate surface area is 132 Å². The van der Waals surface area contributed by atoms with E-state index in [1.54, 1.807) is 30.3 Å². The Hall–Kier alpha value is -1.37. The number of rotatable bonds is 5. The molecule has 4 nitrogen and oxygen atoms in total. The average Bonchev–Trinajstić information content (AvgIpc) is 2.81. The molecule has 2 aromatic rings. The van der Waals surface area contributed by atoms with Crippen molar-refractivity contribution in [1.82, 2.24) is 5.32 Å². The quantitative estimate of drug-likeness (QED) is 0.908. The number of thiophene rings is 1. The maximum atomic E-state index is 11.9. The topological polar surface area (TPSA) is 63.2 Å². The summed E-state index contributed by atoms with van der Waals surface area (Å²) in [5.41, 5.74) is 1.57. The lowest BCUT2D eigenvalue weighted by Gasteiger charge is -2.06. The highest BCUT2D eigenvalue weighted by Crippen LogP contribution is 2.21. The molecule has 1 aromatic heterocycles. The molecule has 0 unspecified atom stereocenters. The molecule has 112 valence electrons. The average molecular weight is 344 g/mol. The zero-order valence-corrected chi connectivity index (χ0v) is 13.7. The van der Waals surface area contributed by atoms with Crippen LogP contribution >= 0.6 is 22.9 Å². The van der Waals surface area contributed by atoms with Crippen LogP contribution in [0.2, 0.25) is 4.34 Å². The fourth-order valence-electron chi connectivity index (χ4n) is 1.84. The monoisotopic (exact) mass is 343 g/mol. The summed E-state index contributed by atoms with van der Waals surface area (Å²) in [6.07, 6.45) is 1.20. The fourth-order valence-corrected chi connectivity index (χ4v) is 3.58. The summed E-state index contributed by atoms with van der Waals surface area (Å²) in [6, 6.07) is 10.5. The zero-order chi connectivity index (χ0) is 15.5. The molecule has 1 N–H and O–H groups in total. The summed E-state index contributed by atoms with van der Waals surface area (Å²) in [7, 11) is -3.07. The van der Waals surface area contributed by atoms with Crippen LogP contribution in [-0.2, 0) is 22.1 Å². The van der Waals surface area contributed by atoms with Crippen molar-refractivity contribution < 1.29 is 13.2 Å². The lowest BCUT2D eigenvalue weighted by molar-refractivity contribution is 0.0955. The second kappa shape index (κ2) is 6.60. The summed E-state index contributed by atoms with van der Waals surface area (Å²) < 4.78 is 23.1. The van der Waals surface area contributed by atoms with Gasteiger partial charge in [0.05, 0.1) is 15.0 Å². The van der Waals surface area contributed by atoms with Gasteiger partial charge in [0.1, 0.15) is 0 Å². The summed E-state index contributed by atoms with van der Waals surface area (Å²) in [6.45, 7) is 0.339. The van der Waals surface area contributed by atoms with Gasteiger partial charge in [-0.25, -0.2) is 8.42 Å². The van der Waals surface area contributed by atoms with Gasteiger partial charge in [-0.2, -0.15) is 0 Å². The first-order valence-electron chi connectivity index (χ1n) is 6.12. The van der Waals surface area contributed by atoms with Gasteiger partial charge in [0, 0.05) is 12.8 Å². The molecule has 0 saturated heterocycles. The van der Waals surface area contributed by atoms with Crippen LogP contribution in [0.25, 0.3) is 0 Å². The van der Waals surface area contributed by atoms with Crippen molar-refractivity contribution in [3.63, 3.8) is 0 Å². The van der Waals surface area contributed by atoms with Gasteiger partial charge in [0.15, 0.2) is 9.84 Å². The Balaban J connectivity index is 2.00. The predicted molar refractivity (Wildman–Crippen MR) is 85.5 cm³/mol. The molecule has 21 heavy (non-hydrogen) atoms. The first-order chi connectivity index (χ1) is 9.83. The van der Waals surface area contributed by atoms with Gasteiger partial charge in [0.25, 0.3) is 5.91 Å². The Morgan fingerprint density at radius 3 is 2.57 bits per heavy atom. The van der Waals surface area contributed by atoms with Crippen LogP contribution in [0.3, 0.4) is 0 Å². The van der Waals surface area contributed by atoms with Crippen LogP contribution in [0.5, 0.6) is 0 Å². The molecule has 1 aromatic carbocycles. The van der Waals surface area contributed by atoms with E-state index in [0.29, 0.717) is 21.3 Å². The fraction of sp³-hybridized carbons (Fsp3) is 0.214. The van der Waals surface area contributed by atoms with Gasteiger partial charge >= 0.3 is 0 Å². The van der Waals surface area contributed by atoms with E-state index in [2.05, 4.69) is 5.32 Å². The van der Waals surface area contributed by atoms with E-state index in [-0.39, 0.29) is 11.7 Å². The van der Waals surface area contributed by atoms with E-state index >= 15 is 0 Å². The summed E-state index contributed by atoms with van der Waals surface area (Å²) in [5, 5.41) is 2.78. The molecule has 0 aliphatic heterocycles. The van der Waals surface area contributed by atoms with Gasteiger partial charge in [-0.15, -0.1) is 11.3 Å². The number of hydrogen-bond acceptors (Lipinski definition) is 4. The number of nitrogens with one attached hydrogen (secondary N) is 1. The minimum absolute atomic E-state index is 0.00464. The first-order valence-corrected chi connectivity index (χ1v) is 9.38. The van der Waals surface area contributed by atoms with E-state index in [0.717, 1.165) is 5.56 Å². The van der Waals surface area contributed by atoms with Crippen LogP contribution < -0.4 is 5.32 Å². The van der Waals surface area contributed by atoms with E-state index in [1.807, 2.05) is 6.07 Å². The van der Waals surface area contributed by atoms with Crippen molar-refractivity contribution >= 4 is 38.7 Å². The largest absolute Gasteiger partial charge is 0.347 e. The minimum atomic E-state index is -3.07. The number of sulfone groups is 1. The van der Waals surface area contributed by atoms with Crippen molar-refractivity contribution in [2.45, 2.75) is 12.3 Å². The molecule has 0 bridgehead atoms. The maximum absolute atomic E-state index is 11.9.